The summed E-state index contributed by atoms with van der Waals surface area (Å²) in [6.07, 6.45) is 6.25. The standard InChI is InChI=1S/C4H7NO2.4C2H3O.Zr/c6-4(7)5-2-1-3-5;4*1-2-3;/h1-3H2,(H,6,7);4*1H3;/q;4*-1;+4. The number of likely N-dealkylation sites (tertiary alicyclic amines) is 1. The van der Waals surface area contributed by atoms with E-state index in [0.717, 1.165) is 19.5 Å². The van der Waals surface area contributed by atoms with Crippen molar-refractivity contribution in [3.63, 3.8) is 0 Å². The van der Waals surface area contributed by atoms with Crippen molar-refractivity contribution in [2.45, 2.75) is 34.1 Å². The van der Waals surface area contributed by atoms with Crippen LogP contribution in [0.25, 0.3) is 0 Å². The average molecular weight is 365 g/mol. The van der Waals surface area contributed by atoms with Gasteiger partial charge in [0.05, 0.1) is 0 Å². The van der Waals surface area contributed by atoms with E-state index in [9.17, 15) is 4.79 Å². The van der Waals surface area contributed by atoms with E-state index in [1.807, 2.05) is 0 Å². The Kier molecular flexibility index (Phi) is 56.5. The van der Waals surface area contributed by atoms with Gasteiger partial charge < -0.3 is 29.2 Å². The molecule has 0 bridgehead atoms. The minimum Gasteiger partial charge on any atom is -0.542 e. The summed E-state index contributed by atoms with van der Waals surface area (Å²) in [4.78, 5) is 46.0. The number of amides is 1. The predicted octanol–water partition coefficient (Wildman–Crippen LogP) is 0.832. The summed E-state index contributed by atoms with van der Waals surface area (Å²) in [7, 11) is 0. The SMILES string of the molecule is C[C-]=O.C[C-]=O.C[C-]=O.C[C-]=O.O=C(O)N1CCC1.[Zr+4]. The number of carbonyl (C=O) groups excluding carboxylic acids is 4. The summed E-state index contributed by atoms with van der Waals surface area (Å²) in [6, 6.07) is 0. The summed E-state index contributed by atoms with van der Waals surface area (Å²) >= 11 is 0. The molecule has 0 aromatic rings. The molecule has 8 heteroatoms. The molecule has 0 aromatic carbocycles. The molecule has 0 unspecified atom stereocenters. The molecule has 112 valence electrons. The normalized spacial score (nSPS) is 9.10. The van der Waals surface area contributed by atoms with Crippen LogP contribution < -0.4 is 0 Å². The molecule has 1 aliphatic rings. The molecule has 0 aliphatic carbocycles. The first kappa shape index (κ1) is 31.3. The fourth-order valence-electron chi connectivity index (χ4n) is 0.508. The van der Waals surface area contributed by atoms with Crippen molar-refractivity contribution in [1.82, 2.24) is 4.90 Å². The van der Waals surface area contributed by atoms with Gasteiger partial charge in [0.1, 0.15) is 0 Å². The second kappa shape index (κ2) is 36.1. The number of carboxylic acid groups (broad SMARTS) is 1. The van der Waals surface area contributed by atoms with Crippen LogP contribution in [0, 0.1) is 0 Å². The maximum atomic E-state index is 9.91. The van der Waals surface area contributed by atoms with Gasteiger partial charge in [-0.2, -0.15) is 27.7 Å². The van der Waals surface area contributed by atoms with Gasteiger partial charge >= 0.3 is 32.3 Å². The molecule has 1 N–H and O–H groups in total. The van der Waals surface area contributed by atoms with Crippen molar-refractivity contribution >= 4 is 31.2 Å². The third-order valence-electron chi connectivity index (χ3n) is 1.13. The van der Waals surface area contributed by atoms with Gasteiger partial charge in [-0.1, -0.05) is 0 Å². The van der Waals surface area contributed by atoms with Crippen LogP contribution in [-0.2, 0) is 45.4 Å². The van der Waals surface area contributed by atoms with Crippen LogP contribution in [0.3, 0.4) is 0 Å². The van der Waals surface area contributed by atoms with Crippen molar-refractivity contribution in [1.29, 1.82) is 0 Å². The number of nitrogens with zero attached hydrogens (tertiary/aromatic N) is 1. The minimum absolute atomic E-state index is 0. The Bertz CT molecular complexity index is 208. The van der Waals surface area contributed by atoms with Gasteiger partial charge in [0.2, 0.25) is 0 Å². The van der Waals surface area contributed by atoms with Gasteiger partial charge in [-0.15, -0.1) is 0 Å². The fourth-order valence-corrected chi connectivity index (χ4v) is 0.508. The summed E-state index contributed by atoms with van der Waals surface area (Å²) < 4.78 is 0. The molecule has 1 aliphatic heterocycles. The molecule has 1 rings (SSSR count). The van der Waals surface area contributed by atoms with Crippen molar-refractivity contribution in [3.8, 4) is 0 Å². The Labute approximate surface area is 138 Å². The monoisotopic (exact) mass is 363 g/mol. The zero-order chi connectivity index (χ0) is 16.1. The molecule has 1 saturated heterocycles. The predicted molar refractivity (Wildman–Crippen MR) is 69.7 cm³/mol. The van der Waals surface area contributed by atoms with Gasteiger partial charge in [-0.25, -0.2) is 4.79 Å². The molecular formula is C12H19NO6Zr. The van der Waals surface area contributed by atoms with E-state index in [0.29, 0.717) is 0 Å². The van der Waals surface area contributed by atoms with Gasteiger partial charge in [0, 0.05) is 13.1 Å². The van der Waals surface area contributed by atoms with Crippen molar-refractivity contribution < 1.29 is 55.3 Å². The molecule has 1 heterocycles. The molecular weight excluding hydrogens is 345 g/mol. The van der Waals surface area contributed by atoms with Crippen LogP contribution in [0.15, 0.2) is 0 Å². The van der Waals surface area contributed by atoms with Crippen molar-refractivity contribution in [2.24, 2.45) is 0 Å². The Morgan fingerprint density at radius 2 is 1.05 bits per heavy atom. The number of carbonyl (C=O) groups is 1. The molecule has 1 fully saturated rings. The molecule has 7 nitrogen and oxygen atoms in total. The Hall–Kier alpha value is -1.17. The molecule has 0 aromatic heterocycles. The first-order valence-corrected chi connectivity index (χ1v) is 5.10. The molecule has 0 radical (unpaired) electrons. The number of hydrogen-bond acceptors (Lipinski definition) is 5. The third kappa shape index (κ3) is 54.1. The second-order valence-electron chi connectivity index (χ2n) is 2.44. The topological polar surface area (TPSA) is 109 Å². The summed E-state index contributed by atoms with van der Waals surface area (Å²) in [5.41, 5.74) is 0. The molecule has 0 atom stereocenters. The zero-order valence-electron chi connectivity index (χ0n) is 12.1. The fraction of sp³-hybridized carbons (Fsp3) is 0.583. The smallest absolute Gasteiger partial charge is 0.542 e. The van der Waals surface area contributed by atoms with Crippen LogP contribution in [0.2, 0.25) is 0 Å². The van der Waals surface area contributed by atoms with E-state index >= 15 is 0 Å². The van der Waals surface area contributed by atoms with E-state index in [1.165, 1.54) is 57.7 Å². The summed E-state index contributed by atoms with van der Waals surface area (Å²) in [5.74, 6) is 0. The van der Waals surface area contributed by atoms with Crippen LogP contribution in [0.5, 0.6) is 0 Å². The van der Waals surface area contributed by atoms with Crippen LogP contribution in [0.1, 0.15) is 34.1 Å². The number of hydrogen-bond donors (Lipinski definition) is 1. The maximum absolute atomic E-state index is 9.91. The Morgan fingerprint density at radius 1 is 0.850 bits per heavy atom. The van der Waals surface area contributed by atoms with E-state index in [1.54, 1.807) is 0 Å². The second-order valence-corrected chi connectivity index (χ2v) is 2.44. The average Bonchev–Trinajstić information content (AvgIpc) is 2.18. The van der Waals surface area contributed by atoms with Gasteiger partial charge in [-0.05, 0) is 6.42 Å². The van der Waals surface area contributed by atoms with E-state index in [4.69, 9.17) is 24.3 Å². The van der Waals surface area contributed by atoms with Crippen molar-refractivity contribution in [3.05, 3.63) is 0 Å². The minimum atomic E-state index is -0.786. The molecule has 0 spiro atoms. The molecule has 0 saturated carbocycles. The van der Waals surface area contributed by atoms with E-state index in [-0.39, 0.29) is 26.2 Å². The molecule has 20 heavy (non-hydrogen) atoms. The van der Waals surface area contributed by atoms with Crippen LogP contribution in [0.4, 0.5) is 4.79 Å². The van der Waals surface area contributed by atoms with Crippen LogP contribution >= 0.6 is 0 Å². The Balaban J connectivity index is -0.0000000505. The van der Waals surface area contributed by atoms with Crippen molar-refractivity contribution in [2.75, 3.05) is 13.1 Å². The van der Waals surface area contributed by atoms with Gasteiger partial charge in [0.15, 0.2) is 0 Å². The first-order chi connectivity index (χ1) is 8.96. The largest absolute Gasteiger partial charge is 4.00 e. The summed E-state index contributed by atoms with van der Waals surface area (Å²) in [5, 5.41) is 8.16. The molecule has 1 amide bonds. The van der Waals surface area contributed by atoms with Crippen LogP contribution in [-0.4, -0.2) is 54.3 Å². The quantitative estimate of drug-likeness (QED) is 0.638. The van der Waals surface area contributed by atoms with E-state index in [2.05, 4.69) is 0 Å². The maximum Gasteiger partial charge on any atom is 4.00 e. The number of rotatable bonds is 0. The zero-order valence-corrected chi connectivity index (χ0v) is 14.5. The first-order valence-electron chi connectivity index (χ1n) is 5.10. The third-order valence-corrected chi connectivity index (χ3v) is 1.13. The van der Waals surface area contributed by atoms with Gasteiger partial charge in [0.25, 0.3) is 0 Å². The Morgan fingerprint density at radius 3 is 1.05 bits per heavy atom. The summed E-state index contributed by atoms with van der Waals surface area (Å²) in [6.45, 7) is 6.74. The van der Waals surface area contributed by atoms with Gasteiger partial charge in [-0.3, -0.25) is 25.1 Å². The van der Waals surface area contributed by atoms with E-state index < -0.39 is 6.09 Å².